The van der Waals surface area contributed by atoms with Crippen LogP contribution in [-0.2, 0) is 6.54 Å². The molecule has 0 atom stereocenters. The predicted molar refractivity (Wildman–Crippen MR) is 97.4 cm³/mol. The van der Waals surface area contributed by atoms with Gasteiger partial charge in [0, 0.05) is 24.7 Å². The number of hydrogen-bond acceptors (Lipinski definition) is 2. The number of halogens is 1. The van der Waals surface area contributed by atoms with Gasteiger partial charge in [-0.15, -0.1) is 6.58 Å². The van der Waals surface area contributed by atoms with E-state index in [4.69, 9.17) is 0 Å². The van der Waals surface area contributed by atoms with Gasteiger partial charge < -0.3 is 15.1 Å². The van der Waals surface area contributed by atoms with Gasteiger partial charge in [-0.2, -0.15) is 0 Å². The SMILES string of the molecule is C=CCN(Cc1ccccc1F)C(=O)NCCCCN(C)C(C)C. The van der Waals surface area contributed by atoms with Crippen LogP contribution in [-0.4, -0.2) is 48.6 Å². The van der Waals surface area contributed by atoms with Gasteiger partial charge in [0.05, 0.1) is 6.54 Å². The first-order chi connectivity index (χ1) is 11.5. The molecule has 0 aliphatic rings. The summed E-state index contributed by atoms with van der Waals surface area (Å²) in [5.41, 5.74) is 0.507. The average Bonchev–Trinajstić information content (AvgIpc) is 2.55. The second-order valence-corrected chi connectivity index (χ2v) is 6.27. The molecule has 0 saturated heterocycles. The minimum atomic E-state index is -0.295. The number of nitrogens with zero attached hydrogens (tertiary/aromatic N) is 2. The Balaban J connectivity index is 2.41. The van der Waals surface area contributed by atoms with Gasteiger partial charge in [-0.1, -0.05) is 24.3 Å². The van der Waals surface area contributed by atoms with Crippen molar-refractivity contribution in [2.75, 3.05) is 26.7 Å². The highest BCUT2D eigenvalue weighted by Crippen LogP contribution is 2.10. The van der Waals surface area contributed by atoms with E-state index in [-0.39, 0.29) is 18.4 Å². The number of carbonyl (C=O) groups is 1. The van der Waals surface area contributed by atoms with Crippen LogP contribution >= 0.6 is 0 Å². The Morgan fingerprint density at radius 2 is 2.04 bits per heavy atom. The second-order valence-electron chi connectivity index (χ2n) is 6.27. The summed E-state index contributed by atoms with van der Waals surface area (Å²) in [5.74, 6) is -0.295. The summed E-state index contributed by atoms with van der Waals surface area (Å²) in [6, 6.07) is 6.86. The summed E-state index contributed by atoms with van der Waals surface area (Å²) in [5, 5.41) is 2.91. The molecule has 0 heterocycles. The highest BCUT2D eigenvalue weighted by atomic mass is 19.1. The average molecular weight is 335 g/mol. The maximum absolute atomic E-state index is 13.8. The second kappa shape index (κ2) is 10.8. The summed E-state index contributed by atoms with van der Waals surface area (Å²) >= 11 is 0. The van der Waals surface area contributed by atoms with Crippen LogP contribution in [0.15, 0.2) is 36.9 Å². The van der Waals surface area contributed by atoms with E-state index in [1.807, 2.05) is 0 Å². The van der Waals surface area contributed by atoms with Crippen LogP contribution < -0.4 is 5.32 Å². The van der Waals surface area contributed by atoms with Crippen LogP contribution in [0.1, 0.15) is 32.3 Å². The molecule has 0 bridgehead atoms. The Labute approximate surface area is 145 Å². The number of rotatable bonds is 10. The smallest absolute Gasteiger partial charge is 0.317 e. The molecule has 4 nitrogen and oxygen atoms in total. The third kappa shape index (κ3) is 7.13. The predicted octanol–water partition coefficient (Wildman–Crippen LogP) is 3.64. The Kier molecular flexibility index (Phi) is 9.08. The lowest BCUT2D eigenvalue weighted by Gasteiger charge is -2.23. The first-order valence-corrected chi connectivity index (χ1v) is 8.53. The molecule has 0 unspecified atom stereocenters. The molecule has 24 heavy (non-hydrogen) atoms. The molecule has 0 aliphatic heterocycles. The molecule has 2 amide bonds. The minimum Gasteiger partial charge on any atom is -0.338 e. The van der Waals surface area contributed by atoms with E-state index in [0.29, 0.717) is 24.7 Å². The topological polar surface area (TPSA) is 35.6 Å². The van der Waals surface area contributed by atoms with Gasteiger partial charge in [0.25, 0.3) is 0 Å². The molecule has 0 fully saturated rings. The highest BCUT2D eigenvalue weighted by Gasteiger charge is 2.14. The number of benzene rings is 1. The number of amides is 2. The Hall–Kier alpha value is -1.88. The molecule has 1 N–H and O–H groups in total. The van der Waals surface area contributed by atoms with Gasteiger partial charge in [-0.25, -0.2) is 9.18 Å². The first kappa shape index (κ1) is 20.2. The van der Waals surface area contributed by atoms with Crippen LogP contribution in [0.3, 0.4) is 0 Å². The van der Waals surface area contributed by atoms with Crippen LogP contribution in [0.25, 0.3) is 0 Å². The fraction of sp³-hybridized carbons (Fsp3) is 0.526. The van der Waals surface area contributed by atoms with E-state index in [1.165, 1.54) is 6.07 Å². The quantitative estimate of drug-likeness (QED) is 0.523. The molecular formula is C19H30FN3O. The zero-order valence-electron chi connectivity index (χ0n) is 15.1. The molecule has 1 rings (SSSR count). The largest absolute Gasteiger partial charge is 0.338 e. The maximum Gasteiger partial charge on any atom is 0.317 e. The molecule has 0 aromatic heterocycles. The van der Waals surface area contributed by atoms with Crippen molar-refractivity contribution in [2.45, 2.75) is 39.3 Å². The number of carbonyl (C=O) groups excluding carboxylic acids is 1. The van der Waals surface area contributed by atoms with E-state index in [1.54, 1.807) is 29.2 Å². The number of hydrogen-bond donors (Lipinski definition) is 1. The van der Waals surface area contributed by atoms with Crippen LogP contribution in [0.2, 0.25) is 0 Å². The molecule has 1 aromatic carbocycles. The van der Waals surface area contributed by atoms with Crippen molar-refractivity contribution in [1.82, 2.24) is 15.1 Å². The van der Waals surface area contributed by atoms with Crippen LogP contribution in [0.4, 0.5) is 9.18 Å². The number of nitrogens with one attached hydrogen (secondary N) is 1. The van der Waals surface area contributed by atoms with E-state index in [9.17, 15) is 9.18 Å². The van der Waals surface area contributed by atoms with Crippen molar-refractivity contribution >= 4 is 6.03 Å². The molecular weight excluding hydrogens is 305 g/mol. The third-order valence-corrected chi connectivity index (χ3v) is 4.05. The Bertz CT molecular complexity index is 519. The molecule has 5 heteroatoms. The summed E-state index contributed by atoms with van der Waals surface area (Å²) < 4.78 is 13.8. The summed E-state index contributed by atoms with van der Waals surface area (Å²) in [7, 11) is 2.10. The Morgan fingerprint density at radius 1 is 1.33 bits per heavy atom. The van der Waals surface area contributed by atoms with Gasteiger partial charge >= 0.3 is 6.03 Å². The zero-order valence-corrected chi connectivity index (χ0v) is 15.1. The minimum absolute atomic E-state index is 0.185. The van der Waals surface area contributed by atoms with E-state index >= 15 is 0 Å². The molecule has 1 aromatic rings. The van der Waals surface area contributed by atoms with Gasteiger partial charge in [0.1, 0.15) is 5.82 Å². The zero-order chi connectivity index (χ0) is 17.9. The molecule has 0 aliphatic carbocycles. The third-order valence-electron chi connectivity index (χ3n) is 4.05. The van der Waals surface area contributed by atoms with Gasteiger partial charge in [-0.3, -0.25) is 0 Å². The number of urea groups is 1. The van der Waals surface area contributed by atoms with Gasteiger partial charge in [-0.05, 0) is 46.3 Å². The number of unbranched alkanes of at least 4 members (excludes halogenated alkanes) is 1. The molecule has 0 saturated carbocycles. The lowest BCUT2D eigenvalue weighted by molar-refractivity contribution is 0.199. The van der Waals surface area contributed by atoms with Crippen LogP contribution in [0, 0.1) is 5.82 Å². The summed E-state index contributed by atoms with van der Waals surface area (Å²) in [6.45, 7) is 10.3. The van der Waals surface area contributed by atoms with E-state index in [0.717, 1.165) is 19.4 Å². The fourth-order valence-electron chi connectivity index (χ4n) is 2.26. The molecule has 0 spiro atoms. The van der Waals surface area contributed by atoms with E-state index < -0.39 is 0 Å². The Morgan fingerprint density at radius 3 is 2.67 bits per heavy atom. The lowest BCUT2D eigenvalue weighted by Crippen LogP contribution is -2.40. The van der Waals surface area contributed by atoms with Crippen molar-refractivity contribution in [3.63, 3.8) is 0 Å². The summed E-state index contributed by atoms with van der Waals surface area (Å²) in [4.78, 5) is 16.1. The van der Waals surface area contributed by atoms with Crippen molar-refractivity contribution in [2.24, 2.45) is 0 Å². The first-order valence-electron chi connectivity index (χ1n) is 8.53. The fourth-order valence-corrected chi connectivity index (χ4v) is 2.26. The van der Waals surface area contributed by atoms with Crippen molar-refractivity contribution in [3.8, 4) is 0 Å². The van der Waals surface area contributed by atoms with E-state index in [2.05, 4.69) is 37.7 Å². The summed E-state index contributed by atoms with van der Waals surface area (Å²) in [6.07, 6.45) is 3.60. The monoisotopic (exact) mass is 335 g/mol. The standard InChI is InChI=1S/C19H30FN3O/c1-5-13-23(15-17-10-6-7-11-18(17)20)19(24)21-12-8-9-14-22(4)16(2)3/h5-7,10-11,16H,1,8-9,12-15H2,2-4H3,(H,21,24). The normalized spacial score (nSPS) is 10.9. The van der Waals surface area contributed by atoms with Crippen molar-refractivity contribution in [1.29, 1.82) is 0 Å². The van der Waals surface area contributed by atoms with Gasteiger partial charge in [0.15, 0.2) is 0 Å². The maximum atomic E-state index is 13.8. The highest BCUT2D eigenvalue weighted by molar-refractivity contribution is 5.74. The van der Waals surface area contributed by atoms with Gasteiger partial charge in [0.2, 0.25) is 0 Å². The molecule has 0 radical (unpaired) electrons. The lowest BCUT2D eigenvalue weighted by atomic mass is 10.2. The van der Waals surface area contributed by atoms with Crippen LogP contribution in [0.5, 0.6) is 0 Å². The van der Waals surface area contributed by atoms with Crippen molar-refractivity contribution < 1.29 is 9.18 Å². The molecule has 134 valence electrons. The van der Waals surface area contributed by atoms with Crippen molar-refractivity contribution in [3.05, 3.63) is 48.3 Å².